The smallest absolute Gasteiger partial charge is 0.750 e. The van der Waals surface area contributed by atoms with Crippen LogP contribution >= 0.6 is 0 Å². The van der Waals surface area contributed by atoms with E-state index in [0.29, 0.717) is 0 Å². The Morgan fingerprint density at radius 3 is 2.50 bits per heavy atom. The molecule has 0 bridgehead atoms. The summed E-state index contributed by atoms with van der Waals surface area (Å²) in [7, 11) is 0. The molecule has 1 atom stereocenters. The summed E-state index contributed by atoms with van der Waals surface area (Å²) in [5.41, 5.74) is 0. The van der Waals surface area contributed by atoms with Crippen LogP contribution in [0.15, 0.2) is 12.7 Å². The maximum atomic E-state index is 9.49. The second-order valence-corrected chi connectivity index (χ2v) is 1.42. The summed E-state index contributed by atoms with van der Waals surface area (Å²) in [6, 6.07) is 0. The molecule has 0 fully saturated rings. The Balaban J connectivity index is 0. The van der Waals surface area contributed by atoms with Gasteiger partial charge in [-0.15, -0.1) is 6.58 Å². The van der Waals surface area contributed by atoms with E-state index in [9.17, 15) is 8.76 Å². The fourth-order valence-electron chi connectivity index (χ4n) is 0.104. The van der Waals surface area contributed by atoms with Crippen molar-refractivity contribution in [3.63, 3.8) is 0 Å². The third kappa shape index (κ3) is 10.4. The van der Waals surface area contributed by atoms with Crippen LogP contribution in [0.2, 0.25) is 0 Å². The normalized spacial score (nSPS) is 11.6. The number of rotatable bonds is 3. The van der Waals surface area contributed by atoms with E-state index in [1.54, 1.807) is 0 Å². The van der Waals surface area contributed by atoms with Crippen molar-refractivity contribution in [1.82, 2.24) is 0 Å². The zero-order valence-electron chi connectivity index (χ0n) is 4.62. The molecule has 5 heteroatoms. The van der Waals surface area contributed by atoms with E-state index in [-0.39, 0.29) is 58.0 Å². The van der Waals surface area contributed by atoms with Crippen LogP contribution < -0.4 is 51.4 Å². The predicted molar refractivity (Wildman–Crippen MR) is 25.1 cm³/mol. The summed E-state index contributed by atoms with van der Waals surface area (Å²) in [6.07, 6.45) is 1.36. The molecule has 3 nitrogen and oxygen atoms in total. The van der Waals surface area contributed by atoms with Gasteiger partial charge in [0.2, 0.25) is 0 Å². The molecule has 0 radical (unpaired) electrons. The maximum absolute atomic E-state index is 9.49. The first-order chi connectivity index (χ1) is 3.27. The van der Waals surface area contributed by atoms with E-state index < -0.39 is 11.4 Å². The maximum Gasteiger partial charge on any atom is 1.00 e. The molecule has 0 N–H and O–H groups in total. The fraction of sp³-hybridized carbons (Fsp3) is 0.333. The van der Waals surface area contributed by atoms with Crippen molar-refractivity contribution in [2.45, 2.75) is 0 Å². The first-order valence-electron chi connectivity index (χ1n) is 1.61. The Kier molecular flexibility index (Phi) is 12.8. The molecule has 0 aromatic carbocycles. The van der Waals surface area contributed by atoms with Gasteiger partial charge in [-0.05, 0) is 0 Å². The van der Waals surface area contributed by atoms with E-state index in [4.69, 9.17) is 0 Å². The molecule has 0 aliphatic rings. The molecule has 0 rings (SSSR count). The predicted octanol–water partition coefficient (Wildman–Crippen LogP) is -3.01. The molecular weight excluding hydrogens is 155 g/mol. The largest absolute Gasteiger partial charge is 1.00 e. The Bertz CT molecular complexity index is 84.6. The van der Waals surface area contributed by atoms with Gasteiger partial charge in [0, 0.05) is 0 Å². The van der Waals surface area contributed by atoms with Crippen LogP contribution in [0.4, 0.5) is 0 Å². The Labute approximate surface area is 93.4 Å². The average molecular weight is 160 g/mol. The van der Waals surface area contributed by atoms with Gasteiger partial charge in [0.25, 0.3) is 0 Å². The summed E-state index contributed by atoms with van der Waals surface area (Å²) in [4.78, 5) is 0. The van der Waals surface area contributed by atoms with Crippen molar-refractivity contribution in [2.24, 2.45) is 0 Å². The van der Waals surface area contributed by atoms with Gasteiger partial charge in [-0.25, -0.2) is 4.21 Å². The topological polar surface area (TPSA) is 49.4 Å². The van der Waals surface area contributed by atoms with Gasteiger partial charge in [-0.1, -0.05) is 6.08 Å². The summed E-state index contributed by atoms with van der Waals surface area (Å²) in [6.45, 7) is 3.29. The monoisotopic (exact) mass is 160 g/mol. The molecular formula is C3H5KO3S. The Morgan fingerprint density at radius 1 is 1.88 bits per heavy atom. The third-order valence-electron chi connectivity index (χ3n) is 0.282. The van der Waals surface area contributed by atoms with Crippen molar-refractivity contribution in [3.05, 3.63) is 12.7 Å². The van der Waals surface area contributed by atoms with Crippen LogP contribution in [0.25, 0.3) is 0 Å². The molecule has 0 saturated heterocycles. The van der Waals surface area contributed by atoms with E-state index in [1.807, 2.05) is 0 Å². The van der Waals surface area contributed by atoms with Gasteiger partial charge in [0.05, 0.1) is 18.0 Å². The molecule has 42 valence electrons. The molecule has 0 heterocycles. The van der Waals surface area contributed by atoms with Gasteiger partial charge in [-0.3, -0.25) is 4.18 Å². The van der Waals surface area contributed by atoms with Crippen LogP contribution in [0.3, 0.4) is 0 Å². The Morgan fingerprint density at radius 2 is 2.38 bits per heavy atom. The van der Waals surface area contributed by atoms with E-state index in [1.165, 1.54) is 6.08 Å². The van der Waals surface area contributed by atoms with Gasteiger partial charge in [-0.2, -0.15) is 0 Å². The van der Waals surface area contributed by atoms with E-state index >= 15 is 0 Å². The second kappa shape index (κ2) is 8.45. The Hall–Kier alpha value is 1.45. The van der Waals surface area contributed by atoms with Crippen molar-refractivity contribution >= 4 is 11.4 Å². The average Bonchev–Trinajstić information content (AvgIpc) is 1.61. The third-order valence-corrected chi connectivity index (χ3v) is 0.611. The molecule has 0 aliphatic carbocycles. The van der Waals surface area contributed by atoms with Crippen molar-refractivity contribution < 1.29 is 64.3 Å². The molecule has 0 aliphatic heterocycles. The van der Waals surface area contributed by atoms with Crippen LogP contribution in [0.5, 0.6) is 0 Å². The van der Waals surface area contributed by atoms with Gasteiger partial charge in [0.1, 0.15) is 0 Å². The fourth-order valence-corrected chi connectivity index (χ4v) is 0.311. The molecule has 0 spiro atoms. The van der Waals surface area contributed by atoms with Crippen LogP contribution in [-0.4, -0.2) is 15.4 Å². The molecule has 8 heavy (non-hydrogen) atoms. The molecule has 0 amide bonds. The van der Waals surface area contributed by atoms with Crippen LogP contribution in [-0.2, 0) is 15.5 Å². The van der Waals surface area contributed by atoms with Gasteiger partial charge in [0.15, 0.2) is 0 Å². The summed E-state index contributed by atoms with van der Waals surface area (Å²) in [5.74, 6) is 0. The summed E-state index contributed by atoms with van der Waals surface area (Å²) in [5, 5.41) is 0. The number of hydrogen-bond donors (Lipinski definition) is 0. The SMILES string of the molecule is C=CCOS(=O)[O-].[K+]. The first-order valence-corrected chi connectivity index (χ1v) is 2.61. The summed E-state index contributed by atoms with van der Waals surface area (Å²) < 4.78 is 23.0. The minimum atomic E-state index is -2.39. The zero-order valence-corrected chi connectivity index (χ0v) is 8.56. The van der Waals surface area contributed by atoms with Crippen molar-refractivity contribution in [1.29, 1.82) is 0 Å². The van der Waals surface area contributed by atoms with Gasteiger partial charge < -0.3 is 4.55 Å². The molecule has 0 aromatic rings. The number of hydrogen-bond acceptors (Lipinski definition) is 3. The second-order valence-electron chi connectivity index (χ2n) is 0.777. The minimum absolute atomic E-state index is 0. The quantitative estimate of drug-likeness (QED) is 0.251. The molecule has 0 aromatic heterocycles. The standard InChI is InChI=1S/C3H6O3S.K/c1-2-3-6-7(4)5;/h2H,1,3H2,(H,4,5);/q;+1/p-1. The van der Waals surface area contributed by atoms with Crippen molar-refractivity contribution in [2.75, 3.05) is 6.61 Å². The molecule has 0 saturated carbocycles. The van der Waals surface area contributed by atoms with Crippen LogP contribution in [0, 0.1) is 0 Å². The van der Waals surface area contributed by atoms with Crippen molar-refractivity contribution in [3.8, 4) is 0 Å². The van der Waals surface area contributed by atoms with E-state index in [0.717, 1.165) is 0 Å². The first kappa shape index (κ1) is 12.2. The minimum Gasteiger partial charge on any atom is -0.750 e. The summed E-state index contributed by atoms with van der Waals surface area (Å²) >= 11 is -2.39. The molecule has 1 unspecified atom stereocenters. The van der Waals surface area contributed by atoms with E-state index in [2.05, 4.69) is 10.8 Å². The van der Waals surface area contributed by atoms with Crippen LogP contribution in [0.1, 0.15) is 0 Å². The zero-order chi connectivity index (χ0) is 5.70. The van der Waals surface area contributed by atoms with Gasteiger partial charge >= 0.3 is 51.4 Å².